The van der Waals surface area contributed by atoms with Crippen molar-refractivity contribution in [3.05, 3.63) is 27.1 Å². The predicted octanol–water partition coefficient (Wildman–Crippen LogP) is 2.98. The molecule has 8 heteroatoms. The second-order valence-electron chi connectivity index (χ2n) is 6.98. The molecule has 144 valence electrons. The van der Waals surface area contributed by atoms with Crippen LogP contribution in [-0.2, 0) is 14.3 Å². The first-order valence-electron chi connectivity index (χ1n) is 9.03. The third-order valence-corrected chi connectivity index (χ3v) is 6.12. The monoisotopic (exact) mass is 390 g/mol. The van der Waals surface area contributed by atoms with E-state index in [-0.39, 0.29) is 11.5 Å². The van der Waals surface area contributed by atoms with Crippen LogP contribution in [0, 0.1) is 6.92 Å². The molecular weight excluding hydrogens is 368 g/mol. The quantitative estimate of drug-likeness (QED) is 0.575. The molecule has 3 rings (SSSR count). The fourth-order valence-electron chi connectivity index (χ4n) is 3.58. The Morgan fingerprint density at radius 1 is 1.19 bits per heavy atom. The van der Waals surface area contributed by atoms with E-state index in [2.05, 4.69) is 4.98 Å². The molecular formula is C19H22N2O5S. The number of rotatable bonds is 5. The fourth-order valence-corrected chi connectivity index (χ4v) is 4.60. The lowest BCUT2D eigenvalue weighted by Crippen LogP contribution is -2.33. The zero-order valence-electron chi connectivity index (χ0n) is 15.6. The molecule has 1 aliphatic rings. The van der Waals surface area contributed by atoms with Crippen LogP contribution in [0.4, 0.5) is 0 Å². The van der Waals surface area contributed by atoms with Crippen molar-refractivity contribution in [3.8, 4) is 0 Å². The summed E-state index contributed by atoms with van der Waals surface area (Å²) in [5, 5.41) is 0.255. The number of nitrogens with zero attached hydrogens (tertiary/aromatic N) is 2. The highest BCUT2D eigenvalue weighted by Gasteiger charge is 2.27. The van der Waals surface area contributed by atoms with Gasteiger partial charge in [-0.1, -0.05) is 6.42 Å². The number of aromatic nitrogens is 2. The molecule has 2 aromatic heterocycles. The summed E-state index contributed by atoms with van der Waals surface area (Å²) in [5.41, 5.74) is -0.0191. The smallest absolute Gasteiger partial charge is 0.348 e. The molecule has 7 nitrogen and oxygen atoms in total. The molecule has 0 bridgehead atoms. The summed E-state index contributed by atoms with van der Waals surface area (Å²) in [4.78, 5) is 54.1. The molecule has 0 atom stereocenters. The number of ketones is 2. The second-order valence-corrected chi connectivity index (χ2v) is 7.98. The molecule has 0 spiro atoms. The van der Waals surface area contributed by atoms with Gasteiger partial charge in [-0.15, -0.1) is 11.3 Å². The Bertz CT molecular complexity index is 954. The Kier molecular flexibility index (Phi) is 5.55. The zero-order chi connectivity index (χ0) is 19.7. The lowest BCUT2D eigenvalue weighted by atomic mass is 9.98. The van der Waals surface area contributed by atoms with E-state index in [1.807, 2.05) is 0 Å². The summed E-state index contributed by atoms with van der Waals surface area (Å²) < 4.78 is 6.65. The first-order valence-corrected chi connectivity index (χ1v) is 9.85. The van der Waals surface area contributed by atoms with Gasteiger partial charge in [0, 0.05) is 0 Å². The molecule has 0 unspecified atom stereocenters. The molecule has 0 radical (unpaired) electrons. The van der Waals surface area contributed by atoms with Crippen molar-refractivity contribution < 1.29 is 19.1 Å². The van der Waals surface area contributed by atoms with Crippen LogP contribution in [0.3, 0.4) is 0 Å². The molecule has 27 heavy (non-hydrogen) atoms. The van der Waals surface area contributed by atoms with Crippen LogP contribution in [-0.4, -0.2) is 33.2 Å². The van der Waals surface area contributed by atoms with E-state index < -0.39 is 29.1 Å². The standard InChI is InChI=1S/C19H22N2O5S/c1-10-14-17(20-9-21(18(14)24)15(11(2)22)12(3)23)27-16(10)19(25)26-13-7-5-4-6-8-13/h9,13,15H,4-8H2,1-3H3. The maximum atomic E-state index is 12.9. The highest BCUT2D eigenvalue weighted by molar-refractivity contribution is 7.20. The molecule has 1 saturated carbocycles. The van der Waals surface area contributed by atoms with E-state index in [9.17, 15) is 19.2 Å². The van der Waals surface area contributed by atoms with Gasteiger partial charge in [-0.2, -0.15) is 0 Å². The van der Waals surface area contributed by atoms with Crippen LogP contribution < -0.4 is 5.56 Å². The molecule has 0 aliphatic heterocycles. The van der Waals surface area contributed by atoms with Crippen molar-refractivity contribution in [1.29, 1.82) is 0 Å². The minimum Gasteiger partial charge on any atom is -0.458 e. The number of thiophene rings is 1. The molecule has 0 amide bonds. The Balaban J connectivity index is 2.00. The van der Waals surface area contributed by atoms with Crippen molar-refractivity contribution in [1.82, 2.24) is 9.55 Å². The van der Waals surface area contributed by atoms with Gasteiger partial charge in [-0.3, -0.25) is 19.0 Å². The van der Waals surface area contributed by atoms with E-state index in [1.165, 1.54) is 20.2 Å². The molecule has 2 heterocycles. The number of Topliss-reactive ketones (excluding diaryl/α,β-unsaturated/α-hetero) is 2. The van der Waals surface area contributed by atoms with Crippen LogP contribution in [0.2, 0.25) is 0 Å². The van der Waals surface area contributed by atoms with Gasteiger partial charge < -0.3 is 4.74 Å². The fraction of sp³-hybridized carbons (Fsp3) is 0.526. The summed E-state index contributed by atoms with van der Waals surface area (Å²) in [7, 11) is 0. The Morgan fingerprint density at radius 3 is 2.41 bits per heavy atom. The number of hydrogen-bond acceptors (Lipinski definition) is 7. The van der Waals surface area contributed by atoms with Crippen LogP contribution in [0.1, 0.15) is 67.2 Å². The average molecular weight is 390 g/mol. The largest absolute Gasteiger partial charge is 0.458 e. The van der Waals surface area contributed by atoms with Crippen molar-refractivity contribution in [2.24, 2.45) is 0 Å². The number of carbonyl (C=O) groups is 3. The Hall–Kier alpha value is -2.35. The van der Waals surface area contributed by atoms with Crippen molar-refractivity contribution >= 4 is 39.1 Å². The number of ether oxygens (including phenoxy) is 1. The van der Waals surface area contributed by atoms with Gasteiger partial charge in [0.05, 0.1) is 5.39 Å². The van der Waals surface area contributed by atoms with E-state index in [0.29, 0.717) is 15.3 Å². The predicted molar refractivity (Wildman–Crippen MR) is 101 cm³/mol. The van der Waals surface area contributed by atoms with Gasteiger partial charge in [-0.05, 0) is 52.0 Å². The topological polar surface area (TPSA) is 95.3 Å². The van der Waals surface area contributed by atoms with Crippen LogP contribution in [0.15, 0.2) is 11.1 Å². The van der Waals surface area contributed by atoms with Gasteiger partial charge in [-0.25, -0.2) is 9.78 Å². The highest BCUT2D eigenvalue weighted by Crippen LogP contribution is 2.29. The molecule has 1 aliphatic carbocycles. The third kappa shape index (κ3) is 3.71. The lowest BCUT2D eigenvalue weighted by Gasteiger charge is -2.21. The number of hydrogen-bond donors (Lipinski definition) is 0. The van der Waals surface area contributed by atoms with Gasteiger partial charge in [0.2, 0.25) is 0 Å². The molecule has 0 saturated heterocycles. The maximum Gasteiger partial charge on any atom is 0.348 e. The first-order chi connectivity index (χ1) is 12.8. The SMILES string of the molecule is CC(=O)C(C(C)=O)n1cnc2sc(C(=O)OC3CCCCC3)c(C)c2c1=O. The molecule has 2 aromatic rings. The minimum atomic E-state index is -1.20. The summed E-state index contributed by atoms with van der Waals surface area (Å²) in [6.07, 6.45) is 6.09. The van der Waals surface area contributed by atoms with Crippen molar-refractivity contribution in [2.75, 3.05) is 0 Å². The van der Waals surface area contributed by atoms with E-state index in [4.69, 9.17) is 4.74 Å². The lowest BCUT2D eigenvalue weighted by molar-refractivity contribution is -0.129. The molecule has 0 N–H and O–H groups in total. The van der Waals surface area contributed by atoms with Crippen molar-refractivity contribution in [2.45, 2.75) is 65.0 Å². The summed E-state index contributed by atoms with van der Waals surface area (Å²) in [6.45, 7) is 4.19. The second kappa shape index (κ2) is 7.72. The number of carbonyl (C=O) groups excluding carboxylic acids is 3. The van der Waals surface area contributed by atoms with Gasteiger partial charge in [0.1, 0.15) is 22.1 Å². The van der Waals surface area contributed by atoms with E-state index in [0.717, 1.165) is 48.0 Å². The van der Waals surface area contributed by atoms with Crippen LogP contribution >= 0.6 is 11.3 Å². The Labute approximate surface area is 160 Å². The van der Waals surface area contributed by atoms with Gasteiger partial charge in [0.25, 0.3) is 5.56 Å². The number of fused-ring (bicyclic) bond motifs is 1. The summed E-state index contributed by atoms with van der Waals surface area (Å²) in [5.74, 6) is -1.31. The van der Waals surface area contributed by atoms with E-state index in [1.54, 1.807) is 6.92 Å². The van der Waals surface area contributed by atoms with E-state index >= 15 is 0 Å². The maximum absolute atomic E-state index is 12.9. The number of aryl methyl sites for hydroxylation is 1. The summed E-state index contributed by atoms with van der Waals surface area (Å²) in [6, 6.07) is -1.20. The molecule has 0 aromatic carbocycles. The van der Waals surface area contributed by atoms with Crippen molar-refractivity contribution in [3.63, 3.8) is 0 Å². The van der Waals surface area contributed by atoms with Crippen LogP contribution in [0.25, 0.3) is 10.2 Å². The zero-order valence-corrected chi connectivity index (χ0v) is 16.4. The third-order valence-electron chi connectivity index (χ3n) is 4.94. The number of esters is 1. The van der Waals surface area contributed by atoms with Gasteiger partial charge >= 0.3 is 5.97 Å². The average Bonchev–Trinajstić information content (AvgIpc) is 2.95. The summed E-state index contributed by atoms with van der Waals surface area (Å²) >= 11 is 1.10. The normalized spacial score (nSPS) is 15.3. The first kappa shape index (κ1) is 19.4. The molecule has 1 fully saturated rings. The minimum absolute atomic E-state index is 0.0831. The Morgan fingerprint density at radius 2 is 1.81 bits per heavy atom. The van der Waals surface area contributed by atoms with Crippen LogP contribution in [0.5, 0.6) is 0 Å². The van der Waals surface area contributed by atoms with Gasteiger partial charge in [0.15, 0.2) is 17.6 Å². The highest BCUT2D eigenvalue weighted by atomic mass is 32.1.